The molecule has 0 aliphatic rings. The largest absolute Gasteiger partial charge is 0.230 e. The molecule has 0 fully saturated rings. The fraction of sp³-hybridized carbons (Fsp3) is 0.650. The van der Waals surface area contributed by atoms with Crippen LogP contribution in [-0.2, 0) is 0 Å². The summed E-state index contributed by atoms with van der Waals surface area (Å²) in [5, 5.41) is 0. The summed E-state index contributed by atoms with van der Waals surface area (Å²) in [5.41, 5.74) is 1.16. The van der Waals surface area contributed by atoms with Crippen molar-refractivity contribution in [2.45, 2.75) is 76.0 Å². The van der Waals surface area contributed by atoms with Crippen LogP contribution in [0.2, 0.25) is 0 Å². The van der Waals surface area contributed by atoms with E-state index in [-0.39, 0.29) is 0 Å². The third-order valence-electron chi connectivity index (χ3n) is 4.40. The van der Waals surface area contributed by atoms with Gasteiger partial charge in [-0.1, -0.05) is 82.7 Å². The van der Waals surface area contributed by atoms with Gasteiger partial charge in [-0.3, -0.25) is 0 Å². The molecule has 1 unspecified atom stereocenters. The lowest BCUT2D eigenvalue weighted by atomic mass is 9.96. The number of benzene rings is 1. The molecule has 1 aromatic heterocycles. The first-order valence-electron chi connectivity index (χ1n) is 9.31. The molecule has 128 valence electrons. The van der Waals surface area contributed by atoms with E-state index in [1.807, 2.05) is 23.1 Å². The van der Waals surface area contributed by atoms with Crippen molar-refractivity contribution in [1.29, 1.82) is 0 Å². The van der Waals surface area contributed by atoms with Gasteiger partial charge in [-0.05, 0) is 30.9 Å². The van der Waals surface area contributed by atoms with Crippen LogP contribution in [0.4, 0.5) is 0 Å². The quantitative estimate of drug-likeness (QED) is 0.290. The van der Waals surface area contributed by atoms with E-state index in [0.717, 1.165) is 11.4 Å². The van der Waals surface area contributed by atoms with Crippen LogP contribution >= 0.6 is 23.1 Å². The summed E-state index contributed by atoms with van der Waals surface area (Å²) in [6.45, 7) is 4.59. The van der Waals surface area contributed by atoms with Crippen LogP contribution in [0.25, 0.3) is 10.2 Å². The van der Waals surface area contributed by atoms with E-state index in [9.17, 15) is 0 Å². The van der Waals surface area contributed by atoms with Crippen molar-refractivity contribution in [2.75, 3.05) is 5.75 Å². The average Bonchev–Trinajstić information content (AvgIpc) is 2.99. The average molecular weight is 350 g/mol. The minimum absolute atomic E-state index is 0.871. The number of rotatable bonds is 12. The second-order valence-corrected chi connectivity index (χ2v) is 8.77. The van der Waals surface area contributed by atoms with Crippen molar-refractivity contribution in [3.8, 4) is 0 Å². The normalized spacial score (nSPS) is 12.8. The predicted octanol–water partition coefficient (Wildman–Crippen LogP) is 7.56. The Labute approximate surface area is 150 Å². The van der Waals surface area contributed by atoms with E-state index in [2.05, 4.69) is 38.1 Å². The van der Waals surface area contributed by atoms with Crippen LogP contribution in [0.1, 0.15) is 71.6 Å². The maximum absolute atomic E-state index is 4.77. The van der Waals surface area contributed by atoms with Crippen molar-refractivity contribution >= 4 is 33.3 Å². The second kappa shape index (κ2) is 11.1. The lowest BCUT2D eigenvalue weighted by Gasteiger charge is -2.15. The van der Waals surface area contributed by atoms with Crippen LogP contribution in [0.5, 0.6) is 0 Å². The zero-order valence-electron chi connectivity index (χ0n) is 14.7. The lowest BCUT2D eigenvalue weighted by Crippen LogP contribution is -2.04. The van der Waals surface area contributed by atoms with Crippen LogP contribution in [0, 0.1) is 5.92 Å². The smallest absolute Gasteiger partial charge is 0.151 e. The molecule has 0 amide bonds. The van der Waals surface area contributed by atoms with Gasteiger partial charge in [-0.15, -0.1) is 11.3 Å². The monoisotopic (exact) mass is 349 g/mol. The first-order valence-corrected chi connectivity index (χ1v) is 11.1. The number of hydrogen-bond acceptors (Lipinski definition) is 3. The molecule has 0 aliphatic carbocycles. The molecule has 0 spiro atoms. The number of aromatic nitrogens is 1. The van der Waals surface area contributed by atoms with Crippen LogP contribution in [0.15, 0.2) is 28.6 Å². The van der Waals surface area contributed by atoms with Crippen molar-refractivity contribution < 1.29 is 0 Å². The summed E-state index contributed by atoms with van der Waals surface area (Å²) < 4.78 is 2.57. The van der Waals surface area contributed by atoms with Crippen molar-refractivity contribution in [3.63, 3.8) is 0 Å². The third kappa shape index (κ3) is 6.84. The highest BCUT2D eigenvalue weighted by molar-refractivity contribution is 8.01. The zero-order chi connectivity index (χ0) is 16.3. The summed E-state index contributed by atoms with van der Waals surface area (Å²) in [5.74, 6) is 2.12. The van der Waals surface area contributed by atoms with Gasteiger partial charge in [0, 0.05) is 5.75 Å². The molecule has 1 heterocycles. The Morgan fingerprint density at radius 2 is 1.65 bits per heavy atom. The highest BCUT2D eigenvalue weighted by Gasteiger charge is 2.11. The lowest BCUT2D eigenvalue weighted by molar-refractivity contribution is 0.445. The molecule has 1 atom stereocenters. The first kappa shape index (κ1) is 18.8. The topological polar surface area (TPSA) is 12.9 Å². The Hall–Kier alpha value is -0.540. The number of fused-ring (bicyclic) bond motifs is 1. The highest BCUT2D eigenvalue weighted by atomic mass is 32.2. The molecule has 0 saturated heterocycles. The van der Waals surface area contributed by atoms with Crippen molar-refractivity contribution in [2.24, 2.45) is 5.92 Å². The maximum Gasteiger partial charge on any atom is 0.151 e. The molecule has 2 rings (SSSR count). The number of hydrogen-bond donors (Lipinski definition) is 0. The van der Waals surface area contributed by atoms with E-state index in [1.165, 1.54) is 72.6 Å². The molecule has 1 nitrogen and oxygen atoms in total. The number of nitrogens with zero attached hydrogens (tertiary/aromatic N) is 1. The first-order chi connectivity index (χ1) is 11.3. The molecular weight excluding hydrogens is 318 g/mol. The van der Waals surface area contributed by atoms with Gasteiger partial charge in [0.25, 0.3) is 0 Å². The van der Waals surface area contributed by atoms with Gasteiger partial charge >= 0.3 is 0 Å². The highest BCUT2D eigenvalue weighted by Crippen LogP contribution is 2.32. The molecule has 0 N–H and O–H groups in total. The number of thioether (sulfide) groups is 1. The van der Waals surface area contributed by atoms with Gasteiger partial charge in [0.2, 0.25) is 0 Å². The molecular formula is C20H31NS2. The summed E-state index contributed by atoms with van der Waals surface area (Å²) in [6, 6.07) is 8.49. The minimum atomic E-state index is 0.871. The van der Waals surface area contributed by atoms with Crippen LogP contribution in [0.3, 0.4) is 0 Å². The third-order valence-corrected chi connectivity index (χ3v) is 6.81. The Bertz CT molecular complexity index is 516. The number of unbranched alkanes of at least 4 members (excludes halogenated alkanes) is 5. The predicted molar refractivity (Wildman–Crippen MR) is 107 cm³/mol. The van der Waals surface area contributed by atoms with Gasteiger partial charge < -0.3 is 0 Å². The van der Waals surface area contributed by atoms with E-state index < -0.39 is 0 Å². The van der Waals surface area contributed by atoms with Gasteiger partial charge in [0.15, 0.2) is 4.34 Å². The Balaban J connectivity index is 1.82. The number of para-hydroxylation sites is 1. The summed E-state index contributed by atoms with van der Waals surface area (Å²) >= 11 is 3.83. The Morgan fingerprint density at radius 3 is 2.39 bits per heavy atom. The minimum Gasteiger partial charge on any atom is -0.230 e. The Morgan fingerprint density at radius 1 is 0.957 bits per heavy atom. The summed E-state index contributed by atoms with van der Waals surface area (Å²) in [6.07, 6.45) is 12.5. The molecule has 1 aromatic carbocycles. The zero-order valence-corrected chi connectivity index (χ0v) is 16.4. The maximum atomic E-state index is 4.77. The van der Waals surface area contributed by atoms with Crippen LogP contribution in [-0.4, -0.2) is 10.7 Å². The van der Waals surface area contributed by atoms with E-state index >= 15 is 0 Å². The van der Waals surface area contributed by atoms with E-state index in [4.69, 9.17) is 4.98 Å². The van der Waals surface area contributed by atoms with Gasteiger partial charge in [-0.2, -0.15) is 0 Å². The standard InChI is InChI=1S/C20H31NS2/c1-3-5-7-9-13-17(12-8-6-4-2)16-22-20-21-18-14-10-11-15-19(18)23-20/h10-11,14-15,17H,3-9,12-13,16H2,1-2H3. The van der Waals surface area contributed by atoms with Gasteiger partial charge in [-0.25, -0.2) is 4.98 Å². The van der Waals surface area contributed by atoms with Crippen molar-refractivity contribution in [3.05, 3.63) is 24.3 Å². The fourth-order valence-corrected chi connectivity index (χ4v) is 5.24. The molecule has 0 bridgehead atoms. The van der Waals surface area contributed by atoms with Crippen molar-refractivity contribution in [1.82, 2.24) is 4.98 Å². The molecule has 23 heavy (non-hydrogen) atoms. The molecule has 0 saturated carbocycles. The number of thiazole rings is 1. The van der Waals surface area contributed by atoms with E-state index in [0.29, 0.717) is 0 Å². The Kier molecular flexibility index (Phi) is 9.06. The van der Waals surface area contributed by atoms with Gasteiger partial charge in [0.05, 0.1) is 10.2 Å². The van der Waals surface area contributed by atoms with E-state index in [1.54, 1.807) is 0 Å². The molecule has 2 aromatic rings. The van der Waals surface area contributed by atoms with Gasteiger partial charge in [0.1, 0.15) is 0 Å². The summed E-state index contributed by atoms with van der Waals surface area (Å²) in [4.78, 5) is 4.77. The van der Waals surface area contributed by atoms with Crippen LogP contribution < -0.4 is 0 Å². The fourth-order valence-electron chi connectivity index (χ4n) is 2.96. The molecule has 0 aliphatic heterocycles. The SMILES string of the molecule is CCCCCCC(CCCCC)CSc1nc2ccccc2s1. The summed E-state index contributed by atoms with van der Waals surface area (Å²) in [7, 11) is 0. The molecule has 3 heteroatoms. The second-order valence-electron chi connectivity index (χ2n) is 6.47. The molecule has 0 radical (unpaired) electrons.